The maximum absolute atomic E-state index is 13.7. The van der Waals surface area contributed by atoms with Crippen molar-refractivity contribution in [2.45, 2.75) is 51.2 Å². The summed E-state index contributed by atoms with van der Waals surface area (Å²) in [6, 6.07) is 19.1. The third kappa shape index (κ3) is 4.41. The molecule has 2 aliphatic heterocycles. The number of ketones is 1. The van der Waals surface area contributed by atoms with Crippen LogP contribution in [0.15, 0.2) is 65.6 Å². The van der Waals surface area contributed by atoms with Gasteiger partial charge in [-0.2, -0.15) is 0 Å². The number of Topliss-reactive ketones (excluding diaryl/α,β-unsaturated/α-hetero) is 1. The molecule has 2 heterocycles. The van der Waals surface area contributed by atoms with E-state index in [1.807, 2.05) is 64.1 Å². The second kappa shape index (κ2) is 9.86. The molecule has 3 atom stereocenters. The average Bonchev–Trinajstić information content (AvgIpc) is 3.39. The zero-order valence-corrected chi connectivity index (χ0v) is 23.7. The summed E-state index contributed by atoms with van der Waals surface area (Å²) in [4.78, 5) is 14.9. The molecule has 200 valence electrons. The van der Waals surface area contributed by atoms with Gasteiger partial charge in [-0.05, 0) is 67.3 Å². The maximum Gasteiger partial charge on any atom is 0.264 e. The van der Waals surface area contributed by atoms with E-state index in [0.717, 1.165) is 39.9 Å². The van der Waals surface area contributed by atoms with Crippen molar-refractivity contribution in [1.29, 1.82) is 0 Å². The second-order valence-electron chi connectivity index (χ2n) is 10.9. The van der Waals surface area contributed by atoms with Crippen molar-refractivity contribution < 1.29 is 17.9 Å². The largest absolute Gasteiger partial charge is 0.373 e. The highest BCUT2D eigenvalue weighted by atomic mass is 32.2. The standard InChI is InChI=1S/C31H36N2O4S/c1-19(2)30(34)23-10-8-22(9-11-23)29-26-15-16-37-31(26)27-18-25(13-14-28(27)32(29)5)38(35,36)33(6)24-12-7-20(3)21(4)17-24/h7-14,17-19,26,29,31H,15-16H2,1-6H3. The van der Waals surface area contributed by atoms with E-state index in [1.54, 1.807) is 19.2 Å². The van der Waals surface area contributed by atoms with E-state index in [2.05, 4.69) is 24.1 Å². The molecule has 7 heteroatoms. The van der Waals surface area contributed by atoms with E-state index in [4.69, 9.17) is 4.74 Å². The summed E-state index contributed by atoms with van der Waals surface area (Å²) >= 11 is 0. The molecule has 1 fully saturated rings. The Kier molecular flexibility index (Phi) is 6.86. The summed E-state index contributed by atoms with van der Waals surface area (Å²) in [5.74, 6) is 0.271. The van der Waals surface area contributed by atoms with Crippen LogP contribution in [0, 0.1) is 25.7 Å². The van der Waals surface area contributed by atoms with Gasteiger partial charge < -0.3 is 9.64 Å². The first kappa shape index (κ1) is 26.4. The first-order chi connectivity index (χ1) is 18.0. The molecule has 0 aliphatic carbocycles. The monoisotopic (exact) mass is 532 g/mol. The summed E-state index contributed by atoms with van der Waals surface area (Å²) in [5, 5.41) is 0. The molecule has 3 aromatic rings. The van der Waals surface area contributed by atoms with Crippen LogP contribution in [0.1, 0.15) is 65.0 Å². The number of carbonyl (C=O) groups is 1. The first-order valence-electron chi connectivity index (χ1n) is 13.2. The zero-order valence-electron chi connectivity index (χ0n) is 22.9. The van der Waals surface area contributed by atoms with Crippen molar-refractivity contribution in [2.24, 2.45) is 11.8 Å². The van der Waals surface area contributed by atoms with Crippen LogP contribution in [0.4, 0.5) is 11.4 Å². The number of benzene rings is 3. The van der Waals surface area contributed by atoms with Crippen LogP contribution in [0.5, 0.6) is 0 Å². The lowest BCUT2D eigenvalue weighted by Crippen LogP contribution is -2.37. The topological polar surface area (TPSA) is 66.9 Å². The molecule has 3 aromatic carbocycles. The van der Waals surface area contributed by atoms with Gasteiger partial charge in [-0.25, -0.2) is 8.42 Å². The Labute approximate surface area is 226 Å². The van der Waals surface area contributed by atoms with Gasteiger partial charge in [0.25, 0.3) is 10.0 Å². The fourth-order valence-corrected chi connectivity index (χ4v) is 7.02. The second-order valence-corrected chi connectivity index (χ2v) is 12.9. The quantitative estimate of drug-likeness (QED) is 0.352. The molecule has 0 radical (unpaired) electrons. The normalized spacial score (nSPS) is 20.8. The third-order valence-corrected chi connectivity index (χ3v) is 10.0. The van der Waals surface area contributed by atoms with Crippen LogP contribution in [0.25, 0.3) is 0 Å². The summed E-state index contributed by atoms with van der Waals surface area (Å²) in [6.45, 7) is 8.45. The first-order valence-corrected chi connectivity index (χ1v) is 14.6. The van der Waals surface area contributed by atoms with E-state index in [-0.39, 0.29) is 34.7 Å². The number of rotatable bonds is 6. The molecule has 3 unspecified atom stereocenters. The molecule has 5 rings (SSSR count). The highest BCUT2D eigenvalue weighted by Crippen LogP contribution is 2.53. The van der Waals surface area contributed by atoms with E-state index < -0.39 is 10.0 Å². The molecular weight excluding hydrogens is 496 g/mol. The van der Waals surface area contributed by atoms with E-state index in [0.29, 0.717) is 12.3 Å². The molecule has 0 saturated carbocycles. The molecule has 0 N–H and O–H groups in total. The van der Waals surface area contributed by atoms with Crippen LogP contribution in [-0.4, -0.2) is 34.9 Å². The van der Waals surface area contributed by atoms with E-state index >= 15 is 0 Å². The molecule has 0 spiro atoms. The Morgan fingerprint density at radius 2 is 1.71 bits per heavy atom. The predicted octanol–water partition coefficient (Wildman–Crippen LogP) is 6.24. The number of anilines is 2. The Morgan fingerprint density at radius 1 is 1.00 bits per heavy atom. The number of aryl methyl sites for hydroxylation is 2. The van der Waals surface area contributed by atoms with Gasteiger partial charge in [0.05, 0.1) is 22.7 Å². The van der Waals surface area contributed by atoms with Crippen molar-refractivity contribution in [3.05, 3.63) is 88.5 Å². The highest BCUT2D eigenvalue weighted by Gasteiger charge is 2.44. The molecule has 0 bridgehead atoms. The van der Waals surface area contributed by atoms with Crippen molar-refractivity contribution in [3.8, 4) is 0 Å². The van der Waals surface area contributed by atoms with Gasteiger partial charge in [0.1, 0.15) is 0 Å². The molecule has 0 aromatic heterocycles. The van der Waals surface area contributed by atoms with Crippen LogP contribution < -0.4 is 9.21 Å². The zero-order chi connectivity index (χ0) is 27.4. The van der Waals surface area contributed by atoms with Gasteiger partial charge in [-0.15, -0.1) is 0 Å². The fourth-order valence-electron chi connectivity index (χ4n) is 5.80. The Bertz CT molecular complexity index is 1480. The van der Waals surface area contributed by atoms with Gasteiger partial charge in [0.2, 0.25) is 0 Å². The van der Waals surface area contributed by atoms with Gasteiger partial charge in [-0.3, -0.25) is 9.10 Å². The number of hydrogen-bond donors (Lipinski definition) is 0. The predicted molar refractivity (Wildman–Crippen MR) is 152 cm³/mol. The van der Waals surface area contributed by atoms with Gasteiger partial charge in [-0.1, -0.05) is 44.2 Å². The maximum atomic E-state index is 13.7. The highest BCUT2D eigenvalue weighted by molar-refractivity contribution is 7.92. The van der Waals surface area contributed by atoms with Crippen LogP contribution >= 0.6 is 0 Å². The lowest BCUT2D eigenvalue weighted by Gasteiger charge is -2.43. The Balaban J connectivity index is 1.50. The van der Waals surface area contributed by atoms with Crippen LogP contribution in [0.3, 0.4) is 0 Å². The number of sulfonamides is 1. The minimum absolute atomic E-state index is 0.0442. The van der Waals surface area contributed by atoms with Crippen LogP contribution in [0.2, 0.25) is 0 Å². The minimum Gasteiger partial charge on any atom is -0.373 e. The number of fused-ring (bicyclic) bond motifs is 3. The summed E-state index contributed by atoms with van der Waals surface area (Å²) in [7, 11) is -0.103. The van der Waals surface area contributed by atoms with E-state index in [9.17, 15) is 13.2 Å². The number of hydrogen-bond acceptors (Lipinski definition) is 5. The van der Waals surface area contributed by atoms with Crippen molar-refractivity contribution in [3.63, 3.8) is 0 Å². The third-order valence-electron chi connectivity index (χ3n) is 8.22. The lowest BCUT2D eigenvalue weighted by molar-refractivity contribution is 0.0789. The summed E-state index contributed by atoms with van der Waals surface area (Å²) in [5.41, 5.74) is 6.54. The van der Waals surface area contributed by atoms with Gasteiger partial charge >= 0.3 is 0 Å². The van der Waals surface area contributed by atoms with Crippen molar-refractivity contribution >= 4 is 27.2 Å². The smallest absolute Gasteiger partial charge is 0.264 e. The number of ether oxygens (including phenoxy) is 1. The Hall–Kier alpha value is -3.16. The number of carbonyl (C=O) groups excluding carboxylic acids is 1. The van der Waals surface area contributed by atoms with Crippen molar-refractivity contribution in [1.82, 2.24) is 0 Å². The molecule has 0 amide bonds. The molecule has 38 heavy (non-hydrogen) atoms. The minimum atomic E-state index is -3.76. The molecular formula is C31H36N2O4S. The Morgan fingerprint density at radius 3 is 2.37 bits per heavy atom. The van der Waals surface area contributed by atoms with Gasteiger partial charge in [0, 0.05) is 49.4 Å². The summed E-state index contributed by atoms with van der Waals surface area (Å²) < 4.78 is 34.9. The van der Waals surface area contributed by atoms with Crippen LogP contribution in [-0.2, 0) is 14.8 Å². The molecule has 6 nitrogen and oxygen atoms in total. The van der Waals surface area contributed by atoms with E-state index in [1.165, 1.54) is 4.31 Å². The number of nitrogens with zero attached hydrogens (tertiary/aromatic N) is 2. The average molecular weight is 533 g/mol. The molecule has 2 aliphatic rings. The van der Waals surface area contributed by atoms with Gasteiger partial charge in [0.15, 0.2) is 5.78 Å². The SMILES string of the molecule is Cc1ccc(N(C)S(=O)(=O)c2ccc3c(c2)C2OCCC2C(c2ccc(C(=O)C(C)C)cc2)N3C)cc1C. The summed E-state index contributed by atoms with van der Waals surface area (Å²) in [6.07, 6.45) is 0.691. The molecule has 1 saturated heterocycles. The fraction of sp³-hybridized carbons (Fsp3) is 0.387. The van der Waals surface area contributed by atoms with Crippen molar-refractivity contribution in [2.75, 3.05) is 29.9 Å². The lowest BCUT2D eigenvalue weighted by atomic mass is 9.79.